The lowest BCUT2D eigenvalue weighted by atomic mass is 10.1. The van der Waals surface area contributed by atoms with Crippen LogP contribution in [-0.4, -0.2) is 22.9 Å². The maximum atomic E-state index is 11.9. The number of hydrogen-bond acceptors (Lipinski definition) is 5. The summed E-state index contributed by atoms with van der Waals surface area (Å²) < 4.78 is 45.0. The smallest absolute Gasteiger partial charge is 0.398 e. The second-order valence-corrected chi connectivity index (χ2v) is 4.19. The lowest BCUT2D eigenvalue weighted by Gasteiger charge is -2.04. The van der Waals surface area contributed by atoms with Crippen LogP contribution in [0, 0.1) is 6.92 Å². The molecule has 8 heteroatoms. The van der Waals surface area contributed by atoms with Crippen LogP contribution in [-0.2, 0) is 11.3 Å². The van der Waals surface area contributed by atoms with Crippen LogP contribution in [0.15, 0.2) is 22.7 Å². The van der Waals surface area contributed by atoms with Crippen molar-refractivity contribution in [2.75, 3.05) is 12.3 Å². The van der Waals surface area contributed by atoms with Crippen LogP contribution in [0.5, 0.6) is 0 Å². The highest BCUT2D eigenvalue weighted by Crippen LogP contribution is 2.21. The minimum absolute atomic E-state index is 0.0246. The van der Waals surface area contributed by atoms with Crippen molar-refractivity contribution in [3.8, 4) is 11.4 Å². The highest BCUT2D eigenvalue weighted by Gasteiger charge is 2.27. The third-order valence-electron chi connectivity index (χ3n) is 2.50. The number of ether oxygens (including phenoxy) is 1. The summed E-state index contributed by atoms with van der Waals surface area (Å²) in [6.07, 6.45) is -4.38. The van der Waals surface area contributed by atoms with E-state index in [9.17, 15) is 13.2 Å². The molecule has 122 valence electrons. The lowest BCUT2D eigenvalue weighted by Crippen LogP contribution is -2.16. The molecule has 0 bridgehead atoms. The van der Waals surface area contributed by atoms with Gasteiger partial charge in [0.15, 0.2) is 0 Å². The van der Waals surface area contributed by atoms with E-state index in [0.717, 1.165) is 5.56 Å². The van der Waals surface area contributed by atoms with Gasteiger partial charge in [-0.25, -0.2) is 0 Å². The van der Waals surface area contributed by atoms with Gasteiger partial charge in [0.1, 0.15) is 13.2 Å². The average Bonchev–Trinajstić information content (AvgIpc) is 2.91. The summed E-state index contributed by atoms with van der Waals surface area (Å²) in [6.45, 7) is 4.10. The molecule has 0 atom stereocenters. The Hall–Kier alpha value is -2.09. The Morgan fingerprint density at radius 3 is 2.55 bits per heavy atom. The fraction of sp³-hybridized carbons (Fsp3) is 0.429. The van der Waals surface area contributed by atoms with E-state index in [1.165, 1.54) is 0 Å². The van der Waals surface area contributed by atoms with Gasteiger partial charge < -0.3 is 15.0 Å². The third kappa shape index (κ3) is 5.36. The Kier molecular flexibility index (Phi) is 6.36. The van der Waals surface area contributed by atoms with Crippen LogP contribution < -0.4 is 5.73 Å². The zero-order valence-electron chi connectivity index (χ0n) is 12.6. The maximum absolute atomic E-state index is 11.9. The molecule has 5 nitrogen and oxygen atoms in total. The molecule has 0 aliphatic rings. The van der Waals surface area contributed by atoms with Gasteiger partial charge in [0, 0.05) is 11.3 Å². The predicted molar refractivity (Wildman–Crippen MR) is 75.9 cm³/mol. The Balaban J connectivity index is 0.00000116. The van der Waals surface area contributed by atoms with Crippen LogP contribution in [0.4, 0.5) is 18.9 Å². The van der Waals surface area contributed by atoms with E-state index < -0.39 is 19.4 Å². The lowest BCUT2D eigenvalue weighted by molar-refractivity contribution is -0.178. The minimum atomic E-state index is -4.38. The van der Waals surface area contributed by atoms with E-state index in [-0.39, 0.29) is 11.7 Å². The molecule has 2 aromatic rings. The molecule has 0 saturated carbocycles. The second kappa shape index (κ2) is 7.79. The van der Waals surface area contributed by atoms with Crippen molar-refractivity contribution < 1.29 is 22.4 Å². The van der Waals surface area contributed by atoms with Crippen molar-refractivity contribution in [1.82, 2.24) is 10.1 Å². The van der Waals surface area contributed by atoms with Crippen molar-refractivity contribution in [3.63, 3.8) is 0 Å². The summed E-state index contributed by atoms with van der Waals surface area (Å²) >= 11 is 0. The van der Waals surface area contributed by atoms with Gasteiger partial charge in [-0.05, 0) is 18.6 Å². The monoisotopic (exact) mass is 317 g/mol. The zero-order chi connectivity index (χ0) is 16.8. The number of nitrogens with two attached hydrogens (primary N) is 1. The predicted octanol–water partition coefficient (Wildman–Crippen LogP) is 3.73. The van der Waals surface area contributed by atoms with Gasteiger partial charge >= 0.3 is 6.18 Å². The van der Waals surface area contributed by atoms with E-state index in [1.54, 1.807) is 18.2 Å². The van der Waals surface area contributed by atoms with Gasteiger partial charge in [-0.1, -0.05) is 31.1 Å². The summed E-state index contributed by atoms with van der Waals surface area (Å²) in [5.74, 6) is 0.228. The molecule has 0 saturated heterocycles. The molecule has 0 radical (unpaired) electrons. The van der Waals surface area contributed by atoms with Crippen LogP contribution in [0.2, 0.25) is 0 Å². The standard InChI is InChI=1S/C12H12F3N3O2.C2H6/c1-7-2-3-8(4-9(7)16)11-17-10(20-18-11)5-19-6-12(13,14)15;1-2/h2-4H,5-6,16H2,1H3;1-2H3. The zero-order valence-corrected chi connectivity index (χ0v) is 12.6. The van der Waals surface area contributed by atoms with E-state index in [1.807, 2.05) is 20.8 Å². The number of aromatic nitrogens is 2. The Morgan fingerprint density at radius 2 is 1.95 bits per heavy atom. The topological polar surface area (TPSA) is 74.2 Å². The summed E-state index contributed by atoms with van der Waals surface area (Å²) in [4.78, 5) is 3.95. The molecular formula is C14H18F3N3O2. The molecule has 0 fully saturated rings. The second-order valence-electron chi connectivity index (χ2n) is 4.19. The molecule has 0 spiro atoms. The third-order valence-corrected chi connectivity index (χ3v) is 2.50. The van der Waals surface area contributed by atoms with Crippen LogP contribution >= 0.6 is 0 Å². The highest BCUT2D eigenvalue weighted by molar-refractivity contribution is 5.63. The van der Waals surface area contributed by atoms with E-state index >= 15 is 0 Å². The number of halogens is 3. The van der Waals surface area contributed by atoms with E-state index in [4.69, 9.17) is 10.3 Å². The Labute approximate surface area is 126 Å². The molecule has 22 heavy (non-hydrogen) atoms. The van der Waals surface area contributed by atoms with Gasteiger partial charge in [0.05, 0.1) is 0 Å². The molecule has 2 rings (SSSR count). The molecule has 1 aromatic heterocycles. The summed E-state index contributed by atoms with van der Waals surface area (Å²) in [6, 6.07) is 5.21. The first kappa shape index (κ1) is 18.0. The number of nitrogens with zero attached hydrogens (tertiary/aromatic N) is 2. The fourth-order valence-corrected chi connectivity index (χ4v) is 1.46. The Morgan fingerprint density at radius 1 is 1.27 bits per heavy atom. The summed E-state index contributed by atoms with van der Waals surface area (Å²) in [5.41, 5.74) is 7.86. The van der Waals surface area contributed by atoms with Gasteiger partial charge in [0.2, 0.25) is 5.82 Å². The summed E-state index contributed by atoms with van der Waals surface area (Å²) in [5, 5.41) is 3.67. The number of benzene rings is 1. The SMILES string of the molecule is CC.Cc1ccc(-c2noc(COCC(F)(F)F)n2)cc1N. The quantitative estimate of drug-likeness (QED) is 0.870. The normalized spacial score (nSPS) is 11.0. The average molecular weight is 317 g/mol. The molecule has 0 aliphatic heterocycles. The first-order valence-corrected chi connectivity index (χ1v) is 6.69. The van der Waals surface area contributed by atoms with Crippen molar-refractivity contribution in [2.24, 2.45) is 0 Å². The van der Waals surface area contributed by atoms with Crippen LogP contribution in [0.3, 0.4) is 0 Å². The molecule has 1 heterocycles. The molecule has 2 N–H and O–H groups in total. The van der Waals surface area contributed by atoms with Crippen molar-refractivity contribution >= 4 is 5.69 Å². The molecule has 0 aliphatic carbocycles. The number of anilines is 1. The van der Waals surface area contributed by atoms with Gasteiger partial charge in [0.25, 0.3) is 5.89 Å². The first-order chi connectivity index (χ1) is 10.3. The fourth-order valence-electron chi connectivity index (χ4n) is 1.46. The van der Waals surface area contributed by atoms with Crippen molar-refractivity contribution in [3.05, 3.63) is 29.7 Å². The molecular weight excluding hydrogens is 299 g/mol. The molecule has 0 unspecified atom stereocenters. The number of rotatable bonds is 4. The largest absolute Gasteiger partial charge is 0.411 e. The van der Waals surface area contributed by atoms with Gasteiger partial charge in [-0.3, -0.25) is 0 Å². The van der Waals surface area contributed by atoms with E-state index in [0.29, 0.717) is 11.3 Å². The first-order valence-electron chi connectivity index (χ1n) is 6.69. The minimum Gasteiger partial charge on any atom is -0.398 e. The summed E-state index contributed by atoms with van der Waals surface area (Å²) in [7, 11) is 0. The maximum Gasteiger partial charge on any atom is 0.411 e. The molecule has 1 aromatic carbocycles. The molecule has 0 amide bonds. The highest BCUT2D eigenvalue weighted by atomic mass is 19.4. The number of hydrogen-bond donors (Lipinski definition) is 1. The van der Waals surface area contributed by atoms with Crippen molar-refractivity contribution in [2.45, 2.75) is 33.6 Å². The van der Waals surface area contributed by atoms with Crippen LogP contribution in [0.1, 0.15) is 25.3 Å². The van der Waals surface area contributed by atoms with E-state index in [2.05, 4.69) is 14.9 Å². The van der Waals surface area contributed by atoms with Crippen LogP contribution in [0.25, 0.3) is 11.4 Å². The number of alkyl halides is 3. The van der Waals surface area contributed by atoms with Crippen molar-refractivity contribution in [1.29, 1.82) is 0 Å². The van der Waals surface area contributed by atoms with Gasteiger partial charge in [-0.2, -0.15) is 18.2 Å². The Bertz CT molecular complexity index is 597. The van der Waals surface area contributed by atoms with Gasteiger partial charge in [-0.15, -0.1) is 0 Å². The number of aryl methyl sites for hydroxylation is 1. The number of nitrogen functional groups attached to an aromatic ring is 1.